The van der Waals surface area contributed by atoms with Crippen LogP contribution in [0.1, 0.15) is 6.92 Å². The molecule has 0 aliphatic heterocycles. The summed E-state index contributed by atoms with van der Waals surface area (Å²) in [4.78, 5) is 10.8. The predicted octanol–water partition coefficient (Wildman–Crippen LogP) is -1.46. The van der Waals surface area contributed by atoms with Crippen LogP contribution >= 0.6 is 0 Å². The van der Waals surface area contributed by atoms with E-state index in [1.54, 1.807) is 0 Å². The molecule has 0 aromatic rings. The first-order chi connectivity index (χ1) is 6.39. The number of ether oxygens (including phenoxy) is 1. The van der Waals surface area contributed by atoms with Crippen LogP contribution in [0.4, 0.5) is 0 Å². The van der Waals surface area contributed by atoms with E-state index in [0.717, 1.165) is 0 Å². The number of hydrogen-bond acceptors (Lipinski definition) is 6. The third kappa shape index (κ3) is 5.65. The van der Waals surface area contributed by atoms with Crippen molar-refractivity contribution in [3.63, 3.8) is 0 Å². The molecule has 0 bridgehead atoms. The van der Waals surface area contributed by atoms with Crippen molar-refractivity contribution in [2.75, 3.05) is 13.2 Å². The molecular weight excluding hydrogens is 214 g/mol. The minimum Gasteiger partial charge on any atom is -0.460 e. The smallest absolute Gasteiger partial charge is 0.444 e. The molecule has 8 heteroatoms. The highest BCUT2D eigenvalue weighted by Crippen LogP contribution is 1.94. The van der Waals surface area contributed by atoms with E-state index in [9.17, 15) is 13.2 Å². The molecule has 0 amide bonds. The van der Waals surface area contributed by atoms with Crippen molar-refractivity contribution in [1.82, 2.24) is 0 Å². The van der Waals surface area contributed by atoms with Gasteiger partial charge in [0.15, 0.2) is 0 Å². The highest BCUT2D eigenvalue weighted by Gasteiger charge is 2.12. The molecule has 0 rings (SSSR count). The van der Waals surface area contributed by atoms with Gasteiger partial charge in [0.1, 0.15) is 13.2 Å². The van der Waals surface area contributed by atoms with Gasteiger partial charge >= 0.3 is 16.4 Å². The molecule has 0 saturated carbocycles. The Morgan fingerprint density at radius 3 is 2.43 bits per heavy atom. The van der Waals surface area contributed by atoms with Crippen molar-refractivity contribution < 1.29 is 32.3 Å². The van der Waals surface area contributed by atoms with Crippen LogP contribution in [0.25, 0.3) is 0 Å². The van der Waals surface area contributed by atoms with Gasteiger partial charge in [0.05, 0.1) is 0 Å². The molecule has 0 aromatic carbocycles. The first kappa shape index (κ1) is 13.0. The fourth-order valence-corrected chi connectivity index (χ4v) is 0.768. The minimum absolute atomic E-state index is 0.200. The average Bonchev–Trinajstić information content (AvgIpc) is 2.12. The first-order valence-electron chi connectivity index (χ1n) is 3.54. The predicted molar refractivity (Wildman–Crippen MR) is 44.6 cm³/mol. The van der Waals surface area contributed by atoms with Crippen LogP contribution in [0.3, 0.4) is 0 Å². The lowest BCUT2D eigenvalue weighted by Gasteiger charge is -2.03. The van der Waals surface area contributed by atoms with Crippen molar-refractivity contribution in [2.45, 2.75) is 6.92 Å². The minimum atomic E-state index is -4.06. The number of carbonyl (C=O) groups excluding carboxylic acids is 1. The fourth-order valence-electron chi connectivity index (χ4n) is 0.428. The molecule has 14 heavy (non-hydrogen) atoms. The summed E-state index contributed by atoms with van der Waals surface area (Å²) in [7, 11) is -4.06. The topological polar surface area (TPSA) is 107 Å². The van der Waals surface area contributed by atoms with Crippen LogP contribution in [0.15, 0.2) is 12.2 Å². The molecule has 0 aromatic heterocycles. The molecule has 7 nitrogen and oxygen atoms in total. The molecule has 0 aliphatic carbocycles. The number of carbonyl (C=O) groups is 1. The monoisotopic (exact) mass is 226 g/mol. The SMILES string of the molecule is C=C(C)C(=O)OCCOS(=O)(=O)O[NH3+]. The maximum Gasteiger partial charge on any atom is 0.444 e. The van der Waals surface area contributed by atoms with Gasteiger partial charge in [-0.25, -0.2) is 8.98 Å². The highest BCUT2D eigenvalue weighted by atomic mass is 32.3. The third-order valence-electron chi connectivity index (χ3n) is 1.04. The van der Waals surface area contributed by atoms with E-state index in [1.165, 1.54) is 6.92 Å². The largest absolute Gasteiger partial charge is 0.460 e. The molecule has 0 atom stereocenters. The van der Waals surface area contributed by atoms with Crippen LogP contribution in [0.5, 0.6) is 0 Å². The standard InChI is InChI=1S/C6H12NO6S/c1-5(2)6(8)11-3-4-12-14(9,10)13-7/h1,3-4H2,2,7H3/q+1. The van der Waals surface area contributed by atoms with Gasteiger partial charge in [0, 0.05) is 5.57 Å². The van der Waals surface area contributed by atoms with E-state index in [-0.39, 0.29) is 18.8 Å². The average molecular weight is 226 g/mol. The van der Waals surface area contributed by atoms with E-state index in [1.807, 2.05) is 0 Å². The molecule has 82 valence electrons. The third-order valence-corrected chi connectivity index (χ3v) is 1.78. The van der Waals surface area contributed by atoms with E-state index in [0.29, 0.717) is 0 Å². The Kier molecular flexibility index (Phi) is 5.31. The zero-order valence-corrected chi connectivity index (χ0v) is 8.50. The second kappa shape index (κ2) is 5.70. The summed E-state index contributed by atoms with van der Waals surface area (Å²) < 4.78 is 33.5. The van der Waals surface area contributed by atoms with Gasteiger partial charge in [0.2, 0.25) is 0 Å². The van der Waals surface area contributed by atoms with E-state index >= 15 is 0 Å². The Hall–Kier alpha value is -0.960. The second-order valence-electron chi connectivity index (χ2n) is 2.26. The lowest BCUT2D eigenvalue weighted by molar-refractivity contribution is -0.637. The van der Waals surface area contributed by atoms with E-state index in [4.69, 9.17) is 0 Å². The van der Waals surface area contributed by atoms with Crippen molar-refractivity contribution in [1.29, 1.82) is 0 Å². The zero-order chi connectivity index (χ0) is 11.2. The summed E-state index contributed by atoms with van der Waals surface area (Å²) in [6.45, 7) is 4.28. The van der Waals surface area contributed by atoms with Gasteiger partial charge in [-0.15, -0.1) is 0 Å². The molecule has 0 aliphatic rings. The van der Waals surface area contributed by atoms with Crippen LogP contribution in [-0.4, -0.2) is 27.6 Å². The number of hydrogen-bond donors (Lipinski definition) is 1. The Morgan fingerprint density at radius 1 is 1.43 bits per heavy atom. The zero-order valence-electron chi connectivity index (χ0n) is 7.69. The van der Waals surface area contributed by atoms with Gasteiger partial charge in [-0.2, -0.15) is 14.3 Å². The van der Waals surface area contributed by atoms with Crippen molar-refractivity contribution in [3.8, 4) is 0 Å². The van der Waals surface area contributed by atoms with Crippen LogP contribution in [0, 0.1) is 0 Å². The quantitative estimate of drug-likeness (QED) is 0.257. The Morgan fingerprint density at radius 2 is 2.00 bits per heavy atom. The van der Waals surface area contributed by atoms with Gasteiger partial charge in [-0.3, -0.25) is 0 Å². The van der Waals surface area contributed by atoms with Crippen LogP contribution < -0.4 is 5.90 Å². The lowest BCUT2D eigenvalue weighted by Crippen LogP contribution is -2.51. The normalized spacial score (nSPS) is 11.0. The summed E-state index contributed by atoms with van der Waals surface area (Å²) >= 11 is 0. The molecule has 0 radical (unpaired) electrons. The van der Waals surface area contributed by atoms with E-state index in [2.05, 4.69) is 25.7 Å². The van der Waals surface area contributed by atoms with Crippen molar-refractivity contribution >= 4 is 16.4 Å². The number of rotatable bonds is 6. The maximum atomic E-state index is 10.8. The number of quaternary nitrogens is 1. The van der Waals surface area contributed by atoms with Gasteiger partial charge in [-0.1, -0.05) is 10.9 Å². The number of esters is 1. The Labute approximate surface area is 81.7 Å². The van der Waals surface area contributed by atoms with Crippen LogP contribution in [0.2, 0.25) is 0 Å². The second-order valence-corrected chi connectivity index (χ2v) is 3.55. The molecule has 0 heterocycles. The molecular formula is C6H12NO6S+. The summed E-state index contributed by atoms with van der Waals surface area (Å²) in [5, 5.41) is 0. The van der Waals surface area contributed by atoms with Gasteiger partial charge in [0.25, 0.3) is 0 Å². The van der Waals surface area contributed by atoms with Crippen LogP contribution in [-0.2, 0) is 28.4 Å². The van der Waals surface area contributed by atoms with Gasteiger partial charge < -0.3 is 4.74 Å². The molecule has 0 unspecified atom stereocenters. The van der Waals surface area contributed by atoms with Crippen molar-refractivity contribution in [2.24, 2.45) is 0 Å². The molecule has 0 fully saturated rings. The van der Waals surface area contributed by atoms with Gasteiger partial charge in [-0.05, 0) is 6.92 Å². The first-order valence-corrected chi connectivity index (χ1v) is 4.88. The highest BCUT2D eigenvalue weighted by molar-refractivity contribution is 7.81. The summed E-state index contributed by atoms with van der Waals surface area (Å²) in [5.41, 5.74) is 0.223. The Balaban J connectivity index is 3.68. The maximum absolute atomic E-state index is 10.8. The fraction of sp³-hybridized carbons (Fsp3) is 0.500. The lowest BCUT2D eigenvalue weighted by atomic mass is 10.4. The summed E-state index contributed by atoms with van der Waals surface area (Å²) in [6.07, 6.45) is 0. The summed E-state index contributed by atoms with van der Waals surface area (Å²) in [6, 6.07) is 0. The summed E-state index contributed by atoms with van der Waals surface area (Å²) in [5.74, 6) is 2.05. The van der Waals surface area contributed by atoms with E-state index < -0.39 is 16.4 Å². The Bertz CT molecular complexity index is 308. The molecule has 0 spiro atoms. The molecule has 0 saturated heterocycles. The molecule has 3 N–H and O–H groups in total. The van der Waals surface area contributed by atoms with Crippen molar-refractivity contribution in [3.05, 3.63) is 12.2 Å².